The molecule has 0 saturated heterocycles. The lowest BCUT2D eigenvalue weighted by molar-refractivity contribution is -0.149. The van der Waals surface area contributed by atoms with E-state index in [0.717, 1.165) is 12.8 Å². The van der Waals surface area contributed by atoms with Crippen LogP contribution in [0.5, 0.6) is 0 Å². The molecule has 15 heavy (non-hydrogen) atoms. The fraction of sp³-hybridized carbons (Fsp3) is 0.909. The van der Waals surface area contributed by atoms with Gasteiger partial charge in [-0.2, -0.15) is 0 Å². The van der Waals surface area contributed by atoms with Gasteiger partial charge in [0.05, 0.1) is 13.2 Å². The summed E-state index contributed by atoms with van der Waals surface area (Å²) >= 11 is 0. The molecule has 0 amide bonds. The molecule has 1 rings (SSSR count). The molecule has 0 radical (unpaired) electrons. The smallest absolute Gasteiger partial charge is 0.332 e. The second-order valence-corrected chi connectivity index (χ2v) is 4.22. The van der Waals surface area contributed by atoms with Crippen LogP contribution in [0.1, 0.15) is 39.0 Å². The largest absolute Gasteiger partial charge is 0.464 e. The Labute approximate surface area is 91.1 Å². The molecule has 4 heteroatoms. The van der Waals surface area contributed by atoms with Crippen LogP contribution in [-0.4, -0.2) is 31.3 Å². The third kappa shape index (κ3) is 4.62. The Morgan fingerprint density at radius 3 is 2.60 bits per heavy atom. The van der Waals surface area contributed by atoms with Crippen molar-refractivity contribution in [1.29, 1.82) is 0 Å². The first-order valence-electron chi connectivity index (χ1n) is 5.68. The van der Waals surface area contributed by atoms with E-state index in [1.807, 2.05) is 0 Å². The third-order valence-electron chi connectivity index (χ3n) is 2.76. The van der Waals surface area contributed by atoms with Crippen molar-refractivity contribution < 1.29 is 14.3 Å². The second-order valence-electron chi connectivity index (χ2n) is 4.22. The minimum atomic E-state index is -0.308. The topological polar surface area (TPSA) is 61.5 Å². The number of nitrogens with two attached hydrogens (primary N) is 1. The maximum atomic E-state index is 11.0. The number of hydrogen-bond acceptors (Lipinski definition) is 4. The molecule has 0 aliphatic heterocycles. The number of carbonyl (C=O) groups excluding carboxylic acids is 1. The molecule has 0 heterocycles. The Morgan fingerprint density at radius 2 is 2.00 bits per heavy atom. The van der Waals surface area contributed by atoms with Crippen LogP contribution in [0, 0.1) is 0 Å². The van der Waals surface area contributed by atoms with E-state index in [1.54, 1.807) is 6.92 Å². The van der Waals surface area contributed by atoms with Crippen LogP contribution < -0.4 is 5.73 Å². The Bertz CT molecular complexity index is 200. The van der Waals surface area contributed by atoms with E-state index in [0.29, 0.717) is 13.2 Å². The molecule has 1 saturated carbocycles. The molecule has 0 unspecified atom stereocenters. The summed E-state index contributed by atoms with van der Waals surface area (Å²) in [7, 11) is 0. The molecule has 0 bridgehead atoms. The summed E-state index contributed by atoms with van der Waals surface area (Å²) in [5.74, 6) is -0.308. The quantitative estimate of drug-likeness (QED) is 0.701. The van der Waals surface area contributed by atoms with Crippen LogP contribution in [0.2, 0.25) is 0 Å². The maximum absolute atomic E-state index is 11.0. The van der Waals surface area contributed by atoms with Crippen LogP contribution in [0.25, 0.3) is 0 Å². The van der Waals surface area contributed by atoms with Gasteiger partial charge >= 0.3 is 5.97 Å². The van der Waals surface area contributed by atoms with E-state index in [9.17, 15) is 4.79 Å². The van der Waals surface area contributed by atoms with Gasteiger partial charge in [0.1, 0.15) is 6.61 Å². The molecule has 0 spiro atoms. The number of ether oxygens (including phenoxy) is 2. The van der Waals surface area contributed by atoms with Gasteiger partial charge in [-0.1, -0.05) is 19.3 Å². The van der Waals surface area contributed by atoms with E-state index < -0.39 is 0 Å². The van der Waals surface area contributed by atoms with E-state index in [-0.39, 0.29) is 18.1 Å². The summed E-state index contributed by atoms with van der Waals surface area (Å²) in [4.78, 5) is 11.0. The first-order valence-corrected chi connectivity index (χ1v) is 5.68. The lowest BCUT2D eigenvalue weighted by Gasteiger charge is -2.32. The summed E-state index contributed by atoms with van der Waals surface area (Å²) in [6.07, 6.45) is 5.58. The van der Waals surface area contributed by atoms with Crippen LogP contribution in [0.3, 0.4) is 0 Å². The van der Waals surface area contributed by atoms with Crippen molar-refractivity contribution in [1.82, 2.24) is 0 Å². The van der Waals surface area contributed by atoms with Crippen LogP contribution >= 0.6 is 0 Å². The predicted molar refractivity (Wildman–Crippen MR) is 57.5 cm³/mol. The van der Waals surface area contributed by atoms with E-state index >= 15 is 0 Å². The van der Waals surface area contributed by atoms with Crippen molar-refractivity contribution in [3.05, 3.63) is 0 Å². The predicted octanol–water partition coefficient (Wildman–Crippen LogP) is 1.23. The van der Waals surface area contributed by atoms with Gasteiger partial charge in [-0.25, -0.2) is 4.79 Å². The first-order chi connectivity index (χ1) is 7.16. The number of hydrogen-bond donors (Lipinski definition) is 1. The molecule has 4 nitrogen and oxygen atoms in total. The normalized spacial score (nSPS) is 19.9. The Morgan fingerprint density at radius 1 is 1.33 bits per heavy atom. The summed E-state index contributed by atoms with van der Waals surface area (Å²) in [5.41, 5.74) is 5.92. The molecule has 1 fully saturated rings. The number of carbonyl (C=O) groups is 1. The van der Waals surface area contributed by atoms with Gasteiger partial charge in [0.25, 0.3) is 0 Å². The van der Waals surface area contributed by atoms with Crippen molar-refractivity contribution in [3.63, 3.8) is 0 Å². The second kappa shape index (κ2) is 6.08. The first kappa shape index (κ1) is 12.5. The molecule has 1 aliphatic rings. The number of rotatable bonds is 5. The van der Waals surface area contributed by atoms with Crippen molar-refractivity contribution in [3.8, 4) is 0 Å². The molecule has 0 aromatic heterocycles. The van der Waals surface area contributed by atoms with Gasteiger partial charge in [0, 0.05) is 5.54 Å². The highest BCUT2D eigenvalue weighted by Gasteiger charge is 2.27. The molecule has 0 aromatic carbocycles. The lowest BCUT2D eigenvalue weighted by atomic mass is 9.83. The monoisotopic (exact) mass is 215 g/mol. The van der Waals surface area contributed by atoms with Crippen LogP contribution in [0.15, 0.2) is 0 Å². The highest BCUT2D eigenvalue weighted by molar-refractivity contribution is 5.70. The van der Waals surface area contributed by atoms with Gasteiger partial charge < -0.3 is 15.2 Å². The van der Waals surface area contributed by atoms with Gasteiger partial charge in [-0.3, -0.25) is 0 Å². The minimum Gasteiger partial charge on any atom is -0.464 e. The van der Waals surface area contributed by atoms with Crippen molar-refractivity contribution in [2.75, 3.05) is 19.8 Å². The van der Waals surface area contributed by atoms with Crippen molar-refractivity contribution in [2.45, 2.75) is 44.6 Å². The SMILES string of the molecule is CCOC(=O)COCC1(N)CCCCC1. The zero-order valence-corrected chi connectivity index (χ0v) is 9.46. The fourth-order valence-electron chi connectivity index (χ4n) is 1.94. The molecule has 2 N–H and O–H groups in total. The molecule has 1 aliphatic carbocycles. The summed E-state index contributed by atoms with van der Waals surface area (Å²) in [6.45, 7) is 2.66. The van der Waals surface area contributed by atoms with Crippen molar-refractivity contribution in [2.24, 2.45) is 5.73 Å². The maximum Gasteiger partial charge on any atom is 0.332 e. The zero-order chi connectivity index (χ0) is 11.1. The third-order valence-corrected chi connectivity index (χ3v) is 2.76. The Kier molecular flexibility index (Phi) is 5.05. The number of esters is 1. The van der Waals surface area contributed by atoms with Gasteiger partial charge in [0.15, 0.2) is 0 Å². The van der Waals surface area contributed by atoms with E-state index in [2.05, 4.69) is 0 Å². The summed E-state index contributed by atoms with van der Waals surface area (Å²) in [6, 6.07) is 0. The minimum absolute atomic E-state index is 0.0206. The standard InChI is InChI=1S/C11H21NO3/c1-2-15-10(13)8-14-9-11(12)6-4-3-5-7-11/h2-9,12H2,1H3. The average Bonchev–Trinajstić information content (AvgIpc) is 2.19. The van der Waals surface area contributed by atoms with Gasteiger partial charge in [-0.05, 0) is 19.8 Å². The molecule has 0 atom stereocenters. The van der Waals surface area contributed by atoms with Crippen LogP contribution in [-0.2, 0) is 14.3 Å². The Balaban J connectivity index is 2.15. The zero-order valence-electron chi connectivity index (χ0n) is 9.46. The molecular formula is C11H21NO3. The average molecular weight is 215 g/mol. The molecular weight excluding hydrogens is 194 g/mol. The summed E-state index contributed by atoms with van der Waals surface area (Å²) in [5, 5.41) is 0. The Hall–Kier alpha value is -0.610. The van der Waals surface area contributed by atoms with E-state index in [1.165, 1.54) is 19.3 Å². The fourth-order valence-corrected chi connectivity index (χ4v) is 1.94. The van der Waals surface area contributed by atoms with E-state index in [4.69, 9.17) is 15.2 Å². The highest BCUT2D eigenvalue weighted by atomic mass is 16.6. The highest BCUT2D eigenvalue weighted by Crippen LogP contribution is 2.25. The van der Waals surface area contributed by atoms with Gasteiger partial charge in [0.2, 0.25) is 0 Å². The van der Waals surface area contributed by atoms with Crippen LogP contribution in [0.4, 0.5) is 0 Å². The van der Waals surface area contributed by atoms with Crippen molar-refractivity contribution >= 4 is 5.97 Å². The molecule has 88 valence electrons. The molecule has 0 aromatic rings. The summed E-state index contributed by atoms with van der Waals surface area (Å²) < 4.78 is 10.1. The van der Waals surface area contributed by atoms with Gasteiger partial charge in [-0.15, -0.1) is 0 Å². The lowest BCUT2D eigenvalue weighted by Crippen LogP contribution is -2.46.